The first kappa shape index (κ1) is 17.7. The van der Waals surface area contributed by atoms with Crippen molar-refractivity contribution in [3.05, 3.63) is 64.1 Å². The number of hydrogen-bond acceptors (Lipinski definition) is 3. The smallest absolute Gasteiger partial charge is 0.220 e. The molecule has 1 amide bonds. The van der Waals surface area contributed by atoms with Gasteiger partial charge in [0.25, 0.3) is 0 Å². The first-order valence-corrected chi connectivity index (χ1v) is 9.72. The summed E-state index contributed by atoms with van der Waals surface area (Å²) in [6.45, 7) is 6.04. The van der Waals surface area contributed by atoms with Crippen molar-refractivity contribution in [3.8, 4) is 0 Å². The molecule has 4 rings (SSSR count). The molecule has 0 aliphatic heterocycles. The third kappa shape index (κ3) is 3.46. The summed E-state index contributed by atoms with van der Waals surface area (Å²) in [5, 5.41) is 7.76. The molecule has 1 aliphatic rings. The first-order valence-electron chi connectivity index (χ1n) is 9.72. The molecular weight excluding hydrogens is 336 g/mol. The zero-order valence-corrected chi connectivity index (χ0v) is 16.2. The molecule has 0 spiro atoms. The van der Waals surface area contributed by atoms with E-state index in [0.717, 1.165) is 47.6 Å². The van der Waals surface area contributed by atoms with Crippen LogP contribution in [0.15, 0.2) is 30.3 Å². The minimum atomic E-state index is 0.104. The maximum Gasteiger partial charge on any atom is 0.220 e. The molecule has 0 saturated heterocycles. The van der Waals surface area contributed by atoms with Crippen LogP contribution >= 0.6 is 0 Å². The van der Waals surface area contributed by atoms with Crippen LogP contribution in [0, 0.1) is 20.8 Å². The fraction of sp³-hybridized carbons (Fsp3) is 0.409. The predicted octanol–water partition coefficient (Wildman–Crippen LogP) is 3.78. The van der Waals surface area contributed by atoms with Crippen molar-refractivity contribution in [2.24, 2.45) is 0 Å². The first-order chi connectivity index (χ1) is 13.0. The Morgan fingerprint density at radius 2 is 2.07 bits per heavy atom. The Labute approximate surface area is 159 Å². The second-order valence-corrected chi connectivity index (χ2v) is 7.53. The summed E-state index contributed by atoms with van der Waals surface area (Å²) in [5.41, 5.74) is 7.64. The van der Waals surface area contributed by atoms with Crippen LogP contribution in [0.1, 0.15) is 59.1 Å². The second-order valence-electron chi connectivity index (χ2n) is 7.53. The number of fused-ring (bicyclic) bond motifs is 2. The average Bonchev–Trinajstić information content (AvgIpc) is 3.02. The highest BCUT2D eigenvalue weighted by Gasteiger charge is 2.21. The van der Waals surface area contributed by atoms with E-state index in [-0.39, 0.29) is 11.9 Å². The van der Waals surface area contributed by atoms with Crippen molar-refractivity contribution in [3.63, 3.8) is 0 Å². The molecule has 1 atom stereocenters. The van der Waals surface area contributed by atoms with E-state index in [0.29, 0.717) is 12.8 Å². The number of aromatic nitrogens is 3. The van der Waals surface area contributed by atoms with Gasteiger partial charge in [0.15, 0.2) is 5.65 Å². The summed E-state index contributed by atoms with van der Waals surface area (Å²) in [7, 11) is 0. The zero-order valence-electron chi connectivity index (χ0n) is 16.2. The van der Waals surface area contributed by atoms with Gasteiger partial charge >= 0.3 is 0 Å². The summed E-state index contributed by atoms with van der Waals surface area (Å²) < 4.78 is 1.88. The van der Waals surface area contributed by atoms with Crippen molar-refractivity contribution >= 4 is 11.6 Å². The molecule has 2 heterocycles. The Morgan fingerprint density at radius 3 is 2.93 bits per heavy atom. The van der Waals surface area contributed by atoms with E-state index in [4.69, 9.17) is 0 Å². The quantitative estimate of drug-likeness (QED) is 0.768. The molecule has 0 unspecified atom stereocenters. The van der Waals surface area contributed by atoms with Gasteiger partial charge in [-0.2, -0.15) is 5.10 Å². The number of benzene rings is 1. The molecule has 0 saturated carbocycles. The maximum absolute atomic E-state index is 12.6. The van der Waals surface area contributed by atoms with E-state index in [9.17, 15) is 4.79 Å². The average molecular weight is 362 g/mol. The van der Waals surface area contributed by atoms with Gasteiger partial charge in [-0.3, -0.25) is 4.79 Å². The topological polar surface area (TPSA) is 59.3 Å². The summed E-state index contributed by atoms with van der Waals surface area (Å²) in [5.74, 6) is 0.104. The highest BCUT2D eigenvalue weighted by molar-refractivity contribution is 5.77. The summed E-state index contributed by atoms with van der Waals surface area (Å²) in [4.78, 5) is 17.3. The number of amides is 1. The largest absolute Gasteiger partial charge is 0.349 e. The zero-order chi connectivity index (χ0) is 19.0. The van der Waals surface area contributed by atoms with Crippen molar-refractivity contribution in [2.75, 3.05) is 0 Å². The van der Waals surface area contributed by atoms with Crippen LogP contribution in [0.2, 0.25) is 0 Å². The normalized spacial score (nSPS) is 16.3. The Kier molecular flexibility index (Phi) is 4.68. The van der Waals surface area contributed by atoms with Crippen LogP contribution in [0.5, 0.6) is 0 Å². The van der Waals surface area contributed by atoms with E-state index >= 15 is 0 Å². The lowest BCUT2D eigenvalue weighted by atomic mass is 9.87. The summed E-state index contributed by atoms with van der Waals surface area (Å²) in [6, 6.07) is 10.6. The third-order valence-corrected chi connectivity index (χ3v) is 5.59. The van der Waals surface area contributed by atoms with E-state index in [1.54, 1.807) is 0 Å². The van der Waals surface area contributed by atoms with Gasteiger partial charge in [-0.15, -0.1) is 0 Å². The van der Waals surface area contributed by atoms with Crippen LogP contribution in [0.25, 0.3) is 5.65 Å². The lowest BCUT2D eigenvalue weighted by molar-refractivity contribution is -0.121. The molecule has 3 aromatic rings. The number of carbonyl (C=O) groups is 1. The molecule has 0 radical (unpaired) electrons. The van der Waals surface area contributed by atoms with Gasteiger partial charge in [0.2, 0.25) is 5.91 Å². The Morgan fingerprint density at radius 1 is 1.26 bits per heavy atom. The Hall–Kier alpha value is -2.69. The number of aryl methyl sites for hydroxylation is 4. The van der Waals surface area contributed by atoms with Crippen molar-refractivity contribution in [1.29, 1.82) is 0 Å². The van der Waals surface area contributed by atoms with Crippen molar-refractivity contribution < 1.29 is 4.79 Å². The molecule has 1 aromatic carbocycles. The van der Waals surface area contributed by atoms with Crippen LogP contribution in [-0.2, 0) is 17.6 Å². The van der Waals surface area contributed by atoms with Gasteiger partial charge in [-0.25, -0.2) is 9.50 Å². The molecule has 140 valence electrons. The van der Waals surface area contributed by atoms with Gasteiger partial charge in [0, 0.05) is 23.9 Å². The molecule has 2 aromatic heterocycles. The van der Waals surface area contributed by atoms with E-state index in [2.05, 4.69) is 46.6 Å². The summed E-state index contributed by atoms with van der Waals surface area (Å²) in [6.07, 6.45) is 4.39. The number of nitrogens with one attached hydrogen (secondary N) is 1. The van der Waals surface area contributed by atoms with Gasteiger partial charge in [-0.1, -0.05) is 24.3 Å². The van der Waals surface area contributed by atoms with Crippen molar-refractivity contribution in [1.82, 2.24) is 19.9 Å². The van der Waals surface area contributed by atoms with Gasteiger partial charge in [0.05, 0.1) is 11.7 Å². The molecule has 0 fully saturated rings. The SMILES string of the molecule is Cc1cc2nc(C)c(CCC(=O)N[C@@H]3CCCc4ccccc43)c(C)n2n1. The number of nitrogens with zero attached hydrogens (tertiary/aromatic N) is 3. The molecule has 5 heteroatoms. The Balaban J connectivity index is 1.47. The highest BCUT2D eigenvalue weighted by Crippen LogP contribution is 2.29. The molecule has 1 N–H and O–H groups in total. The van der Waals surface area contributed by atoms with Crippen LogP contribution in [0.4, 0.5) is 0 Å². The Bertz CT molecular complexity index is 1000. The maximum atomic E-state index is 12.6. The molecule has 5 nitrogen and oxygen atoms in total. The number of carbonyl (C=O) groups excluding carboxylic acids is 1. The minimum Gasteiger partial charge on any atom is -0.349 e. The lowest BCUT2D eigenvalue weighted by Gasteiger charge is -2.26. The standard InChI is InChI=1S/C22H26N4O/c1-14-13-21-23-15(2)18(16(3)26(21)25-14)11-12-22(27)24-20-10-6-8-17-7-4-5-9-19(17)20/h4-5,7,9,13,20H,6,8,10-12H2,1-3H3,(H,24,27)/t20-/m1/s1. The predicted molar refractivity (Wildman–Crippen MR) is 106 cm³/mol. The lowest BCUT2D eigenvalue weighted by Crippen LogP contribution is -2.31. The fourth-order valence-electron chi connectivity index (χ4n) is 4.21. The number of hydrogen-bond donors (Lipinski definition) is 1. The van der Waals surface area contributed by atoms with Gasteiger partial charge < -0.3 is 5.32 Å². The van der Waals surface area contributed by atoms with Gasteiger partial charge in [0.1, 0.15) is 0 Å². The second kappa shape index (κ2) is 7.14. The van der Waals surface area contributed by atoms with Crippen molar-refractivity contribution in [2.45, 2.75) is 58.9 Å². The van der Waals surface area contributed by atoms with E-state index in [1.807, 2.05) is 24.4 Å². The molecule has 27 heavy (non-hydrogen) atoms. The van der Waals surface area contributed by atoms with Crippen LogP contribution in [0.3, 0.4) is 0 Å². The fourth-order valence-corrected chi connectivity index (χ4v) is 4.21. The van der Waals surface area contributed by atoms with Crippen LogP contribution < -0.4 is 5.32 Å². The molecule has 0 bridgehead atoms. The van der Waals surface area contributed by atoms with Gasteiger partial charge in [-0.05, 0) is 63.1 Å². The molecular formula is C22H26N4O. The highest BCUT2D eigenvalue weighted by atomic mass is 16.1. The minimum absolute atomic E-state index is 0.104. The molecule has 1 aliphatic carbocycles. The third-order valence-electron chi connectivity index (χ3n) is 5.59. The van der Waals surface area contributed by atoms with Crippen LogP contribution in [-0.4, -0.2) is 20.5 Å². The monoisotopic (exact) mass is 362 g/mol. The summed E-state index contributed by atoms with van der Waals surface area (Å²) >= 11 is 0. The number of rotatable bonds is 4. The van der Waals surface area contributed by atoms with E-state index in [1.165, 1.54) is 11.1 Å². The van der Waals surface area contributed by atoms with E-state index < -0.39 is 0 Å².